The van der Waals surface area contributed by atoms with E-state index < -0.39 is 0 Å². The fourth-order valence-corrected chi connectivity index (χ4v) is 2.40. The van der Waals surface area contributed by atoms with Crippen LogP contribution < -0.4 is 5.32 Å². The van der Waals surface area contributed by atoms with Crippen LogP contribution in [0.2, 0.25) is 0 Å². The van der Waals surface area contributed by atoms with Crippen molar-refractivity contribution in [2.24, 2.45) is 0 Å². The third-order valence-electron chi connectivity index (χ3n) is 3.22. The molecular weight excluding hydrogens is 214 g/mol. The Balaban J connectivity index is 2.08. The number of morpholine rings is 1. The highest BCUT2D eigenvalue weighted by Crippen LogP contribution is 2.23. The minimum Gasteiger partial charge on any atom is -0.368 e. The molecule has 90 valence electrons. The Morgan fingerprint density at radius 2 is 2.35 bits per heavy atom. The Kier molecular flexibility index (Phi) is 2.82. The number of rotatable bonds is 2. The highest BCUT2D eigenvalue weighted by molar-refractivity contribution is 5.76. The van der Waals surface area contributed by atoms with Crippen LogP contribution in [0.3, 0.4) is 0 Å². The van der Waals surface area contributed by atoms with Gasteiger partial charge in [0, 0.05) is 19.6 Å². The number of hydrogen-bond donors (Lipinski definition) is 1. The molecule has 1 aliphatic heterocycles. The topological polar surface area (TPSA) is 39.1 Å². The number of para-hydroxylation sites is 2. The predicted octanol–water partition coefficient (Wildman–Crippen LogP) is 1.72. The third-order valence-corrected chi connectivity index (χ3v) is 3.22. The summed E-state index contributed by atoms with van der Waals surface area (Å²) in [6, 6.07) is 8.26. The molecule has 1 unspecified atom stereocenters. The van der Waals surface area contributed by atoms with Gasteiger partial charge in [-0.3, -0.25) is 0 Å². The molecule has 1 saturated heterocycles. The number of aromatic nitrogens is 2. The summed E-state index contributed by atoms with van der Waals surface area (Å²) >= 11 is 0. The zero-order valence-electron chi connectivity index (χ0n) is 10.0. The summed E-state index contributed by atoms with van der Waals surface area (Å²) in [6.45, 7) is 5.62. The Hall–Kier alpha value is -1.39. The van der Waals surface area contributed by atoms with Crippen molar-refractivity contribution in [2.45, 2.75) is 19.6 Å². The first-order chi connectivity index (χ1) is 8.40. The van der Waals surface area contributed by atoms with Crippen LogP contribution in [0.1, 0.15) is 18.9 Å². The number of aryl methyl sites for hydroxylation is 1. The quantitative estimate of drug-likeness (QED) is 0.855. The maximum Gasteiger partial charge on any atom is 0.140 e. The molecular formula is C13H17N3O. The van der Waals surface area contributed by atoms with E-state index in [-0.39, 0.29) is 6.10 Å². The average molecular weight is 231 g/mol. The van der Waals surface area contributed by atoms with Gasteiger partial charge in [0.05, 0.1) is 17.6 Å². The predicted molar refractivity (Wildman–Crippen MR) is 67.0 cm³/mol. The van der Waals surface area contributed by atoms with Gasteiger partial charge >= 0.3 is 0 Å². The van der Waals surface area contributed by atoms with E-state index >= 15 is 0 Å². The lowest BCUT2D eigenvalue weighted by atomic mass is 10.3. The molecule has 1 fully saturated rings. The van der Waals surface area contributed by atoms with Crippen molar-refractivity contribution in [2.75, 3.05) is 19.7 Å². The molecule has 1 N–H and O–H groups in total. The second-order valence-electron chi connectivity index (χ2n) is 4.27. The van der Waals surface area contributed by atoms with Gasteiger partial charge in [0.1, 0.15) is 11.9 Å². The molecule has 4 heteroatoms. The summed E-state index contributed by atoms with van der Waals surface area (Å²) in [7, 11) is 0. The molecule has 0 aliphatic carbocycles. The van der Waals surface area contributed by atoms with Gasteiger partial charge < -0.3 is 14.6 Å². The van der Waals surface area contributed by atoms with Crippen LogP contribution >= 0.6 is 0 Å². The lowest BCUT2D eigenvalue weighted by Crippen LogP contribution is -2.34. The standard InChI is InChI=1S/C13H17N3O/c1-2-16-11-6-4-3-5-10(11)15-13(16)12-9-14-7-8-17-12/h3-6,12,14H,2,7-9H2,1H3. The van der Waals surface area contributed by atoms with Gasteiger partial charge in [-0.25, -0.2) is 4.98 Å². The van der Waals surface area contributed by atoms with Crippen molar-refractivity contribution >= 4 is 11.0 Å². The van der Waals surface area contributed by atoms with E-state index in [2.05, 4.69) is 35.0 Å². The third kappa shape index (κ3) is 1.83. The highest BCUT2D eigenvalue weighted by atomic mass is 16.5. The number of ether oxygens (including phenoxy) is 1. The second kappa shape index (κ2) is 4.47. The molecule has 1 atom stereocenters. The number of imidazole rings is 1. The normalized spacial score (nSPS) is 20.9. The summed E-state index contributed by atoms with van der Waals surface area (Å²) in [4.78, 5) is 4.71. The summed E-state index contributed by atoms with van der Waals surface area (Å²) in [6.07, 6.45) is 0.0797. The molecule has 0 spiro atoms. The monoisotopic (exact) mass is 231 g/mol. The van der Waals surface area contributed by atoms with Crippen molar-refractivity contribution < 1.29 is 4.74 Å². The minimum absolute atomic E-state index is 0.0797. The fourth-order valence-electron chi connectivity index (χ4n) is 2.40. The van der Waals surface area contributed by atoms with Crippen molar-refractivity contribution in [1.29, 1.82) is 0 Å². The van der Waals surface area contributed by atoms with E-state index in [0.29, 0.717) is 0 Å². The lowest BCUT2D eigenvalue weighted by molar-refractivity contribution is 0.0204. The van der Waals surface area contributed by atoms with Gasteiger partial charge in [0.2, 0.25) is 0 Å². The Morgan fingerprint density at radius 3 is 3.12 bits per heavy atom. The van der Waals surface area contributed by atoms with Crippen LogP contribution in [0.15, 0.2) is 24.3 Å². The van der Waals surface area contributed by atoms with E-state index in [9.17, 15) is 0 Å². The molecule has 0 bridgehead atoms. The van der Waals surface area contributed by atoms with Crippen LogP contribution in [0.5, 0.6) is 0 Å². The first-order valence-corrected chi connectivity index (χ1v) is 6.17. The molecule has 0 radical (unpaired) electrons. The van der Waals surface area contributed by atoms with Crippen LogP contribution in [0, 0.1) is 0 Å². The number of hydrogen-bond acceptors (Lipinski definition) is 3. The minimum atomic E-state index is 0.0797. The first-order valence-electron chi connectivity index (χ1n) is 6.17. The van der Waals surface area contributed by atoms with Crippen LogP contribution in [0.25, 0.3) is 11.0 Å². The van der Waals surface area contributed by atoms with E-state index in [0.717, 1.165) is 37.6 Å². The maximum absolute atomic E-state index is 5.79. The van der Waals surface area contributed by atoms with E-state index in [1.165, 1.54) is 5.52 Å². The van der Waals surface area contributed by atoms with Crippen molar-refractivity contribution in [3.05, 3.63) is 30.1 Å². The molecule has 0 saturated carbocycles. The first kappa shape index (κ1) is 10.7. The van der Waals surface area contributed by atoms with E-state index in [1.807, 2.05) is 6.07 Å². The van der Waals surface area contributed by atoms with Crippen LogP contribution in [0.4, 0.5) is 0 Å². The smallest absolute Gasteiger partial charge is 0.140 e. The fraction of sp³-hybridized carbons (Fsp3) is 0.462. The van der Waals surface area contributed by atoms with Gasteiger partial charge in [-0.1, -0.05) is 12.1 Å². The van der Waals surface area contributed by atoms with E-state index in [4.69, 9.17) is 9.72 Å². The molecule has 1 aromatic heterocycles. The Bertz CT molecular complexity index is 514. The molecule has 2 aromatic rings. The zero-order chi connectivity index (χ0) is 11.7. The van der Waals surface area contributed by atoms with Crippen molar-refractivity contribution in [1.82, 2.24) is 14.9 Å². The number of benzene rings is 1. The van der Waals surface area contributed by atoms with Gasteiger partial charge in [0.25, 0.3) is 0 Å². The molecule has 1 aliphatic rings. The van der Waals surface area contributed by atoms with Crippen molar-refractivity contribution in [3.63, 3.8) is 0 Å². The Labute approximate surface area is 101 Å². The van der Waals surface area contributed by atoms with Crippen LogP contribution in [-0.2, 0) is 11.3 Å². The summed E-state index contributed by atoms with van der Waals surface area (Å²) in [5, 5.41) is 3.35. The van der Waals surface area contributed by atoms with Gasteiger partial charge in [-0.05, 0) is 19.1 Å². The van der Waals surface area contributed by atoms with Crippen LogP contribution in [-0.4, -0.2) is 29.2 Å². The van der Waals surface area contributed by atoms with E-state index in [1.54, 1.807) is 0 Å². The van der Waals surface area contributed by atoms with Gasteiger partial charge in [-0.15, -0.1) is 0 Å². The molecule has 4 nitrogen and oxygen atoms in total. The zero-order valence-corrected chi connectivity index (χ0v) is 10.0. The Morgan fingerprint density at radius 1 is 1.47 bits per heavy atom. The highest BCUT2D eigenvalue weighted by Gasteiger charge is 2.22. The number of nitrogens with one attached hydrogen (secondary N) is 1. The summed E-state index contributed by atoms with van der Waals surface area (Å²) in [5.41, 5.74) is 2.25. The van der Waals surface area contributed by atoms with Gasteiger partial charge in [-0.2, -0.15) is 0 Å². The lowest BCUT2D eigenvalue weighted by Gasteiger charge is -2.23. The summed E-state index contributed by atoms with van der Waals surface area (Å²) in [5.74, 6) is 1.04. The largest absolute Gasteiger partial charge is 0.368 e. The molecule has 3 rings (SSSR count). The second-order valence-corrected chi connectivity index (χ2v) is 4.27. The van der Waals surface area contributed by atoms with Crippen molar-refractivity contribution in [3.8, 4) is 0 Å². The maximum atomic E-state index is 5.79. The summed E-state index contributed by atoms with van der Waals surface area (Å²) < 4.78 is 8.03. The SMILES string of the molecule is CCn1c(C2CNCCO2)nc2ccccc21. The van der Waals surface area contributed by atoms with Gasteiger partial charge in [0.15, 0.2) is 0 Å². The number of fused-ring (bicyclic) bond motifs is 1. The number of nitrogens with zero attached hydrogens (tertiary/aromatic N) is 2. The molecule has 0 amide bonds. The molecule has 2 heterocycles. The average Bonchev–Trinajstić information content (AvgIpc) is 2.78. The molecule has 17 heavy (non-hydrogen) atoms. The molecule has 1 aromatic carbocycles.